The molecule has 0 spiro atoms. The molecule has 136 valence electrons. The van der Waals surface area contributed by atoms with Gasteiger partial charge in [-0.15, -0.1) is 0 Å². The largest absolute Gasteiger partial charge is 0.383 e. The lowest BCUT2D eigenvalue weighted by Crippen LogP contribution is -2.30. The van der Waals surface area contributed by atoms with Gasteiger partial charge in [0.05, 0.1) is 0 Å². The molecular formula is C22H26N2O2. The van der Waals surface area contributed by atoms with Crippen molar-refractivity contribution in [2.45, 2.75) is 19.8 Å². The minimum atomic E-state index is -0.329. The maximum atomic E-state index is 12.8. The van der Waals surface area contributed by atoms with E-state index in [1.54, 1.807) is 37.3 Å². The fourth-order valence-corrected chi connectivity index (χ4v) is 2.55. The summed E-state index contributed by atoms with van der Waals surface area (Å²) in [6.07, 6.45) is 3.46. The van der Waals surface area contributed by atoms with Crippen LogP contribution in [0.25, 0.3) is 11.1 Å². The van der Waals surface area contributed by atoms with Crippen molar-refractivity contribution < 1.29 is 9.59 Å². The number of nitrogens with zero attached hydrogens (tertiary/aromatic N) is 1. The van der Waals surface area contributed by atoms with Crippen molar-refractivity contribution in [2.24, 2.45) is 0 Å². The van der Waals surface area contributed by atoms with Crippen molar-refractivity contribution in [3.63, 3.8) is 0 Å². The lowest BCUT2D eigenvalue weighted by atomic mass is 9.99. The highest BCUT2D eigenvalue weighted by molar-refractivity contribution is 6.25. The van der Waals surface area contributed by atoms with Gasteiger partial charge in [0.15, 0.2) is 5.78 Å². The quantitative estimate of drug-likeness (QED) is 0.258. The van der Waals surface area contributed by atoms with E-state index in [1.807, 2.05) is 42.5 Å². The summed E-state index contributed by atoms with van der Waals surface area (Å²) >= 11 is 0. The van der Waals surface area contributed by atoms with Crippen LogP contribution in [0.2, 0.25) is 0 Å². The van der Waals surface area contributed by atoms with Crippen molar-refractivity contribution in [3.05, 3.63) is 71.9 Å². The Bertz CT molecular complexity index is 762. The molecule has 0 bridgehead atoms. The molecule has 4 heteroatoms. The summed E-state index contributed by atoms with van der Waals surface area (Å²) in [4.78, 5) is 27.0. The minimum Gasteiger partial charge on any atom is -0.383 e. The number of amides is 1. The van der Waals surface area contributed by atoms with Crippen LogP contribution in [0, 0.1) is 0 Å². The Morgan fingerprint density at radius 2 is 1.58 bits per heavy atom. The molecule has 0 saturated heterocycles. The number of unbranched alkanes of at least 4 members (excludes halogenated alkanes) is 1. The molecule has 2 aromatic rings. The van der Waals surface area contributed by atoms with Crippen LogP contribution in [0.5, 0.6) is 0 Å². The monoisotopic (exact) mass is 350 g/mol. The van der Waals surface area contributed by atoms with Gasteiger partial charge in [-0.25, -0.2) is 0 Å². The highest BCUT2D eigenvalue weighted by atomic mass is 16.2. The lowest BCUT2D eigenvalue weighted by Gasteiger charge is -2.12. The molecule has 0 fully saturated rings. The summed E-state index contributed by atoms with van der Waals surface area (Å²) in [5, 5.41) is 2.82. The molecule has 4 nitrogen and oxygen atoms in total. The Hall–Kier alpha value is -2.88. The fourth-order valence-electron chi connectivity index (χ4n) is 2.55. The second-order valence-corrected chi connectivity index (χ2v) is 6.39. The Morgan fingerprint density at radius 3 is 2.15 bits per heavy atom. The van der Waals surface area contributed by atoms with Gasteiger partial charge in [0.1, 0.15) is 5.57 Å². The smallest absolute Gasteiger partial charge is 0.256 e. The molecule has 1 amide bonds. The van der Waals surface area contributed by atoms with Gasteiger partial charge in [0.2, 0.25) is 0 Å². The van der Waals surface area contributed by atoms with Crippen LogP contribution in [0.3, 0.4) is 0 Å². The molecule has 1 N–H and O–H groups in total. The van der Waals surface area contributed by atoms with E-state index in [0.717, 1.165) is 24.0 Å². The van der Waals surface area contributed by atoms with Crippen molar-refractivity contribution >= 4 is 11.7 Å². The maximum absolute atomic E-state index is 12.8. The molecule has 2 rings (SSSR count). The molecule has 0 aliphatic carbocycles. The average molecular weight is 350 g/mol. The Balaban J connectivity index is 2.21. The van der Waals surface area contributed by atoms with Gasteiger partial charge in [-0.1, -0.05) is 67.9 Å². The van der Waals surface area contributed by atoms with Gasteiger partial charge in [-0.05, 0) is 17.5 Å². The van der Waals surface area contributed by atoms with Crippen LogP contribution in [0.15, 0.2) is 66.4 Å². The van der Waals surface area contributed by atoms with E-state index >= 15 is 0 Å². The summed E-state index contributed by atoms with van der Waals surface area (Å²) < 4.78 is 0. The van der Waals surface area contributed by atoms with Gasteiger partial charge in [0.25, 0.3) is 5.91 Å². The summed E-state index contributed by atoms with van der Waals surface area (Å²) in [6.45, 7) is 2.63. The van der Waals surface area contributed by atoms with E-state index in [9.17, 15) is 9.59 Å². The van der Waals surface area contributed by atoms with Gasteiger partial charge in [0, 0.05) is 32.4 Å². The molecule has 0 atom stereocenters. The first-order valence-corrected chi connectivity index (χ1v) is 8.89. The molecule has 26 heavy (non-hydrogen) atoms. The second kappa shape index (κ2) is 9.56. The number of benzene rings is 2. The first-order valence-electron chi connectivity index (χ1n) is 8.89. The van der Waals surface area contributed by atoms with E-state index in [1.165, 1.54) is 0 Å². The zero-order valence-corrected chi connectivity index (χ0v) is 15.7. The Morgan fingerprint density at radius 1 is 0.962 bits per heavy atom. The molecule has 0 aliphatic rings. The van der Waals surface area contributed by atoms with E-state index in [2.05, 4.69) is 12.2 Å². The molecular weight excluding hydrogens is 324 g/mol. The summed E-state index contributed by atoms with van der Waals surface area (Å²) in [7, 11) is 3.59. The molecule has 0 unspecified atom stereocenters. The topological polar surface area (TPSA) is 49.4 Å². The number of hydrogen-bond acceptors (Lipinski definition) is 3. The van der Waals surface area contributed by atoms with Crippen LogP contribution in [0.1, 0.15) is 30.1 Å². The van der Waals surface area contributed by atoms with Crippen molar-refractivity contribution in [1.82, 2.24) is 10.2 Å². The van der Waals surface area contributed by atoms with Gasteiger partial charge >= 0.3 is 0 Å². The molecule has 0 aromatic heterocycles. The third-order valence-corrected chi connectivity index (χ3v) is 3.95. The predicted octanol–water partition coefficient (Wildman–Crippen LogP) is 3.90. The minimum absolute atomic E-state index is 0.151. The van der Waals surface area contributed by atoms with Crippen LogP contribution in [-0.2, 0) is 4.79 Å². The number of carbonyl (C=O) groups is 2. The SMILES string of the molecule is CCCCNC(=O)/C(=C\N(C)C)C(=O)c1ccc(-c2ccccc2)cc1. The van der Waals surface area contributed by atoms with E-state index in [4.69, 9.17) is 0 Å². The summed E-state index contributed by atoms with van der Waals surface area (Å²) in [5.41, 5.74) is 2.78. The van der Waals surface area contributed by atoms with E-state index in [-0.39, 0.29) is 17.3 Å². The highest BCUT2D eigenvalue weighted by Crippen LogP contribution is 2.20. The lowest BCUT2D eigenvalue weighted by molar-refractivity contribution is -0.117. The van der Waals surface area contributed by atoms with E-state index in [0.29, 0.717) is 12.1 Å². The first-order chi connectivity index (χ1) is 12.5. The van der Waals surface area contributed by atoms with Crippen LogP contribution >= 0.6 is 0 Å². The maximum Gasteiger partial charge on any atom is 0.256 e. The number of ketones is 1. The normalized spacial score (nSPS) is 11.1. The highest BCUT2D eigenvalue weighted by Gasteiger charge is 2.20. The fraction of sp³-hybridized carbons (Fsp3) is 0.273. The predicted molar refractivity (Wildman–Crippen MR) is 106 cm³/mol. The number of Topliss-reactive ketones (excluding diaryl/α,β-unsaturated/α-hetero) is 1. The zero-order valence-electron chi connectivity index (χ0n) is 15.7. The van der Waals surface area contributed by atoms with Gasteiger partial charge in [-0.2, -0.15) is 0 Å². The van der Waals surface area contributed by atoms with Crippen LogP contribution < -0.4 is 5.32 Å². The van der Waals surface area contributed by atoms with Gasteiger partial charge in [-0.3, -0.25) is 9.59 Å². The second-order valence-electron chi connectivity index (χ2n) is 6.39. The van der Waals surface area contributed by atoms with Crippen LogP contribution in [-0.4, -0.2) is 37.2 Å². The van der Waals surface area contributed by atoms with Crippen molar-refractivity contribution in [1.29, 1.82) is 0 Å². The third-order valence-electron chi connectivity index (χ3n) is 3.95. The number of carbonyl (C=O) groups excluding carboxylic acids is 2. The van der Waals surface area contributed by atoms with E-state index < -0.39 is 0 Å². The zero-order chi connectivity index (χ0) is 18.9. The standard InChI is InChI=1S/C22H26N2O2/c1-4-5-15-23-22(26)20(16-24(2)3)21(25)19-13-11-18(12-14-19)17-9-7-6-8-10-17/h6-14,16H,4-5,15H2,1-3H3,(H,23,26)/b20-16-. The van der Waals surface area contributed by atoms with Crippen LogP contribution in [0.4, 0.5) is 0 Å². The number of rotatable bonds is 8. The summed E-state index contributed by atoms with van der Waals surface area (Å²) in [5.74, 6) is -0.600. The van der Waals surface area contributed by atoms with Gasteiger partial charge < -0.3 is 10.2 Å². The molecule has 0 saturated carbocycles. The molecule has 0 aliphatic heterocycles. The molecule has 0 radical (unpaired) electrons. The van der Waals surface area contributed by atoms with Crippen molar-refractivity contribution in [2.75, 3.05) is 20.6 Å². The van der Waals surface area contributed by atoms with Crippen molar-refractivity contribution in [3.8, 4) is 11.1 Å². The Labute approximate surface area is 155 Å². The summed E-state index contributed by atoms with van der Waals surface area (Å²) in [6, 6.07) is 17.3. The number of hydrogen-bond donors (Lipinski definition) is 1. The molecule has 2 aromatic carbocycles. The molecule has 0 heterocycles. The number of nitrogens with one attached hydrogen (secondary N) is 1. The Kier molecular flexibility index (Phi) is 7.15. The average Bonchev–Trinajstić information content (AvgIpc) is 2.66. The first kappa shape index (κ1) is 19.4. The third kappa shape index (κ3) is 5.31.